The summed E-state index contributed by atoms with van der Waals surface area (Å²) in [5, 5.41) is 3.33. The fraction of sp³-hybridized carbons (Fsp3) is 0.444. The van der Waals surface area contributed by atoms with Crippen molar-refractivity contribution in [3.05, 3.63) is 12.5 Å². The van der Waals surface area contributed by atoms with Crippen LogP contribution in [0.5, 0.6) is 0 Å². The van der Waals surface area contributed by atoms with E-state index in [4.69, 9.17) is 0 Å². The van der Waals surface area contributed by atoms with Crippen LogP contribution < -0.4 is 5.32 Å². The lowest BCUT2D eigenvalue weighted by molar-refractivity contribution is 0.443. The van der Waals surface area contributed by atoms with Gasteiger partial charge in [0.15, 0.2) is 5.65 Å². The second-order valence-corrected chi connectivity index (χ2v) is 3.62. The highest BCUT2D eigenvalue weighted by molar-refractivity contribution is 5.71. The Morgan fingerprint density at radius 2 is 2.36 bits per heavy atom. The number of nitrogens with one attached hydrogen (secondary N) is 2. The maximum absolute atomic E-state index is 4.32. The molecule has 1 fully saturated rings. The normalized spacial score (nSPS) is 16.9. The van der Waals surface area contributed by atoms with Crippen molar-refractivity contribution in [3.63, 3.8) is 0 Å². The van der Waals surface area contributed by atoms with E-state index < -0.39 is 0 Å². The van der Waals surface area contributed by atoms with E-state index in [1.807, 2.05) is 0 Å². The van der Waals surface area contributed by atoms with Crippen LogP contribution in [0.4, 0.5) is 5.95 Å². The minimum atomic E-state index is 0.587. The second kappa shape index (κ2) is 2.94. The molecule has 0 bridgehead atoms. The molecule has 0 unspecified atom stereocenters. The van der Waals surface area contributed by atoms with E-state index in [2.05, 4.69) is 25.3 Å². The number of imidazole rings is 1. The Morgan fingerprint density at radius 3 is 3.07 bits per heavy atom. The van der Waals surface area contributed by atoms with Crippen LogP contribution >= 0.6 is 0 Å². The highest BCUT2D eigenvalue weighted by atomic mass is 15.2. The smallest absolute Gasteiger partial charge is 0.202 e. The maximum Gasteiger partial charge on any atom is 0.202 e. The highest BCUT2D eigenvalue weighted by Gasteiger charge is 2.18. The van der Waals surface area contributed by atoms with Crippen molar-refractivity contribution < 1.29 is 0 Å². The van der Waals surface area contributed by atoms with Gasteiger partial charge < -0.3 is 10.3 Å². The first kappa shape index (κ1) is 7.73. The van der Waals surface area contributed by atoms with E-state index in [0.717, 1.165) is 17.1 Å². The number of fused-ring (bicyclic) bond motifs is 1. The first-order chi connectivity index (χ1) is 6.92. The Bertz CT molecular complexity index is 412. The highest BCUT2D eigenvalue weighted by Crippen LogP contribution is 2.22. The molecule has 0 amide bonds. The molecule has 1 aliphatic carbocycles. The van der Waals surface area contributed by atoms with Gasteiger partial charge in [0, 0.05) is 6.04 Å². The Labute approximate surface area is 81.0 Å². The molecular formula is C9H11N5. The minimum absolute atomic E-state index is 0.587. The molecule has 0 saturated heterocycles. The van der Waals surface area contributed by atoms with Crippen LogP contribution in [0.3, 0.4) is 0 Å². The van der Waals surface area contributed by atoms with Gasteiger partial charge in [-0.2, -0.15) is 4.98 Å². The molecule has 1 saturated carbocycles. The predicted molar refractivity (Wildman–Crippen MR) is 52.9 cm³/mol. The third-order valence-electron chi connectivity index (χ3n) is 2.61. The van der Waals surface area contributed by atoms with Crippen molar-refractivity contribution >= 4 is 17.1 Å². The van der Waals surface area contributed by atoms with Crippen LogP contribution in [0.25, 0.3) is 11.2 Å². The van der Waals surface area contributed by atoms with Crippen LogP contribution in [0, 0.1) is 0 Å². The number of hydrogen-bond acceptors (Lipinski definition) is 4. The maximum atomic E-state index is 4.32. The topological polar surface area (TPSA) is 66.5 Å². The molecule has 14 heavy (non-hydrogen) atoms. The number of aromatic amines is 1. The van der Waals surface area contributed by atoms with Crippen LogP contribution in [0.15, 0.2) is 12.5 Å². The number of rotatable bonds is 2. The molecule has 5 nitrogen and oxygen atoms in total. The Morgan fingerprint density at radius 1 is 1.43 bits per heavy atom. The summed E-state index contributed by atoms with van der Waals surface area (Å²) >= 11 is 0. The molecule has 3 rings (SSSR count). The summed E-state index contributed by atoms with van der Waals surface area (Å²) in [6.07, 6.45) is 7.04. The molecule has 1 aliphatic rings. The van der Waals surface area contributed by atoms with Crippen molar-refractivity contribution in [2.75, 3.05) is 5.32 Å². The molecular weight excluding hydrogens is 178 g/mol. The largest absolute Gasteiger partial charge is 0.353 e. The van der Waals surface area contributed by atoms with E-state index in [9.17, 15) is 0 Å². The molecule has 0 atom stereocenters. The second-order valence-electron chi connectivity index (χ2n) is 3.62. The van der Waals surface area contributed by atoms with E-state index in [0.29, 0.717) is 6.04 Å². The van der Waals surface area contributed by atoms with E-state index >= 15 is 0 Å². The zero-order chi connectivity index (χ0) is 9.38. The molecule has 2 heterocycles. The third kappa shape index (κ3) is 1.21. The van der Waals surface area contributed by atoms with Crippen molar-refractivity contribution in [3.8, 4) is 0 Å². The van der Waals surface area contributed by atoms with Crippen molar-refractivity contribution in [1.82, 2.24) is 19.9 Å². The first-order valence-corrected chi connectivity index (χ1v) is 4.84. The lowest BCUT2D eigenvalue weighted by atomic mass is 9.93. The Balaban J connectivity index is 1.89. The van der Waals surface area contributed by atoms with Gasteiger partial charge in [-0.3, -0.25) is 0 Å². The number of aromatic nitrogens is 4. The molecule has 72 valence electrons. The average Bonchev–Trinajstić information content (AvgIpc) is 2.53. The summed E-state index contributed by atoms with van der Waals surface area (Å²) in [6, 6.07) is 0.587. The van der Waals surface area contributed by atoms with Crippen LogP contribution in [-0.4, -0.2) is 26.0 Å². The first-order valence-electron chi connectivity index (χ1n) is 4.84. The van der Waals surface area contributed by atoms with Crippen molar-refractivity contribution in [1.29, 1.82) is 0 Å². The predicted octanol–water partition coefficient (Wildman–Crippen LogP) is 1.32. The quantitative estimate of drug-likeness (QED) is 0.747. The van der Waals surface area contributed by atoms with Crippen LogP contribution in [0.2, 0.25) is 0 Å². The fourth-order valence-electron chi connectivity index (χ4n) is 1.58. The van der Waals surface area contributed by atoms with Gasteiger partial charge in [0.2, 0.25) is 5.95 Å². The van der Waals surface area contributed by atoms with Crippen molar-refractivity contribution in [2.24, 2.45) is 0 Å². The number of H-pyrrole nitrogens is 1. The molecule has 2 aromatic rings. The van der Waals surface area contributed by atoms with Crippen LogP contribution in [0.1, 0.15) is 19.3 Å². The number of anilines is 1. The molecule has 0 aromatic carbocycles. The Kier molecular flexibility index (Phi) is 1.62. The molecule has 0 aliphatic heterocycles. The van der Waals surface area contributed by atoms with E-state index in [1.165, 1.54) is 25.6 Å². The fourth-order valence-corrected chi connectivity index (χ4v) is 1.58. The zero-order valence-electron chi connectivity index (χ0n) is 7.70. The van der Waals surface area contributed by atoms with Gasteiger partial charge >= 0.3 is 0 Å². The zero-order valence-corrected chi connectivity index (χ0v) is 7.70. The summed E-state index contributed by atoms with van der Waals surface area (Å²) in [5.41, 5.74) is 1.61. The molecule has 0 radical (unpaired) electrons. The van der Waals surface area contributed by atoms with Gasteiger partial charge in [0.1, 0.15) is 11.8 Å². The van der Waals surface area contributed by atoms with E-state index in [-0.39, 0.29) is 0 Å². The number of hydrogen-bond donors (Lipinski definition) is 2. The minimum Gasteiger partial charge on any atom is -0.353 e. The number of nitrogens with zero attached hydrogens (tertiary/aromatic N) is 3. The standard InChI is InChI=1S/C9H11N5/c1-2-6(3-1)12-9-13-7-4-10-5-11-8(7)14-9/h4-6H,1-3H2,(H2,10,11,12,13,14). The van der Waals surface area contributed by atoms with Gasteiger partial charge in [0.05, 0.1) is 6.20 Å². The Hall–Kier alpha value is -1.65. The summed E-state index contributed by atoms with van der Waals surface area (Å²) in [7, 11) is 0. The molecule has 2 aromatic heterocycles. The lowest BCUT2D eigenvalue weighted by Crippen LogP contribution is -2.27. The monoisotopic (exact) mass is 189 g/mol. The average molecular weight is 189 g/mol. The molecule has 2 N–H and O–H groups in total. The molecule has 5 heteroatoms. The summed E-state index contributed by atoms with van der Waals surface area (Å²) in [5.74, 6) is 0.810. The van der Waals surface area contributed by atoms with Gasteiger partial charge in [0.25, 0.3) is 0 Å². The van der Waals surface area contributed by atoms with E-state index in [1.54, 1.807) is 6.20 Å². The van der Waals surface area contributed by atoms with Gasteiger partial charge in [-0.05, 0) is 19.3 Å². The molecule has 0 spiro atoms. The third-order valence-corrected chi connectivity index (χ3v) is 2.61. The van der Waals surface area contributed by atoms with Gasteiger partial charge in [-0.1, -0.05) is 0 Å². The van der Waals surface area contributed by atoms with Crippen molar-refractivity contribution in [2.45, 2.75) is 25.3 Å². The summed E-state index contributed by atoms with van der Waals surface area (Å²) in [4.78, 5) is 15.5. The van der Waals surface area contributed by atoms with Gasteiger partial charge in [-0.25, -0.2) is 9.97 Å². The van der Waals surface area contributed by atoms with Crippen LogP contribution in [-0.2, 0) is 0 Å². The summed E-state index contributed by atoms with van der Waals surface area (Å²) in [6.45, 7) is 0. The summed E-state index contributed by atoms with van der Waals surface area (Å²) < 4.78 is 0. The van der Waals surface area contributed by atoms with Gasteiger partial charge in [-0.15, -0.1) is 0 Å². The lowest BCUT2D eigenvalue weighted by Gasteiger charge is -2.25. The SMILES string of the molecule is c1ncc2[nH]c(NC3CCC3)nc2n1.